The minimum Gasteiger partial charge on any atom is -0.372 e. The molecule has 7 aromatic rings. The van der Waals surface area contributed by atoms with Crippen molar-refractivity contribution in [3.63, 3.8) is 0 Å². The molecular weight excluding hydrogens is 1160 g/mol. The molecule has 4 bridgehead atoms. The van der Waals surface area contributed by atoms with Crippen LogP contribution in [0.3, 0.4) is 0 Å². The van der Waals surface area contributed by atoms with Crippen LogP contribution < -0.4 is 19.6 Å². The van der Waals surface area contributed by atoms with Gasteiger partial charge < -0.3 is 19.6 Å². The third-order valence-electron chi connectivity index (χ3n) is 16.2. The van der Waals surface area contributed by atoms with Gasteiger partial charge in [-0.3, -0.25) is 0 Å². The van der Waals surface area contributed by atoms with Gasteiger partial charge in [-0.15, -0.1) is 0 Å². The fraction of sp³-hybridized carbons (Fsp3) is 0.348. The molecule has 0 unspecified atom stereocenters. The summed E-state index contributed by atoms with van der Waals surface area (Å²) in [5.41, 5.74) is 4.50. The standard InChI is InChI=1S/C92H92N4/c1-9-17-63-93(64-18-10-2)89-59-55-81-47-33-34-48-82-56-60-90(94(65-19-11-3)66-20-12-4)74-86(82)52-30-27-41-79-45-38-46-80(72-79)42-28-32-54-88-76-92(96(69-23-15-7)70-24-16-8)62-58-84(88)50-36-35-49-83-57-61-91(95(67-21-13-5)68-22-14-6)75-87(83)53-31-26-40-78-44-37-43-77(71-78)39-25-29-51-85(81)73-89/h37-38,43-46,55-62,71-76H,9-24,63-70H2,1-8H3. The van der Waals surface area contributed by atoms with Crippen LogP contribution in [-0.4, -0.2) is 52.4 Å². The summed E-state index contributed by atoms with van der Waals surface area (Å²) in [7, 11) is 0. The highest BCUT2D eigenvalue weighted by Gasteiger charge is 2.10. The first-order valence-corrected chi connectivity index (χ1v) is 35.2. The molecule has 0 aliphatic heterocycles. The average molecular weight is 1250 g/mol. The number of anilines is 4. The SMILES string of the molecule is CCCCN(CCCC)c1ccc2c#cc#cc3ccc(N(CCCC)CCCC)cc3c#cc#cc3cccc(c#cc#cc4cc(N(CCCC)CCCC)ccc4c#cc#cc4ccc(N(CCCC)CCCC)cc4c#cc#cc4cccc(c#cc#cc2c1)c4)c3. The number of benzene rings is 6. The van der Waals surface area contributed by atoms with Crippen LogP contribution in [0.4, 0.5) is 22.7 Å². The molecule has 0 N–H and O–H groups in total. The van der Waals surface area contributed by atoms with Crippen molar-refractivity contribution in [1.82, 2.24) is 0 Å². The number of unbranched alkanes of at least 4 members (excludes halogenated alkanes) is 8. The van der Waals surface area contributed by atoms with Crippen molar-refractivity contribution in [1.29, 1.82) is 0 Å². The van der Waals surface area contributed by atoms with Crippen LogP contribution in [0, 0.1) is 146 Å². The first-order chi connectivity index (χ1) is 47.3. The second kappa shape index (κ2) is 42.5. The van der Waals surface area contributed by atoms with Gasteiger partial charge >= 0.3 is 0 Å². The number of hydrogen-bond donors (Lipinski definition) is 0. The lowest BCUT2D eigenvalue weighted by molar-refractivity contribution is 0.678. The van der Waals surface area contributed by atoms with Crippen molar-refractivity contribution in [3.05, 3.63) is 267 Å². The van der Waals surface area contributed by atoms with Gasteiger partial charge in [0.05, 0.1) is 0 Å². The van der Waals surface area contributed by atoms with E-state index in [1.165, 1.54) is 0 Å². The van der Waals surface area contributed by atoms with Crippen molar-refractivity contribution >= 4 is 87.4 Å². The smallest absolute Gasteiger partial charge is 0.0433 e. The zero-order valence-corrected chi connectivity index (χ0v) is 58.3. The van der Waals surface area contributed by atoms with Gasteiger partial charge in [0.2, 0.25) is 0 Å². The molecule has 480 valence electrons. The lowest BCUT2D eigenvalue weighted by atomic mass is 10.1. The molecule has 0 aromatic heterocycles. The average Bonchev–Trinajstić information content (AvgIpc) is 1.63. The van der Waals surface area contributed by atoms with E-state index in [0.29, 0.717) is 0 Å². The van der Waals surface area contributed by atoms with Crippen molar-refractivity contribution in [2.75, 3.05) is 72.0 Å². The van der Waals surface area contributed by atoms with Gasteiger partial charge in [-0.25, -0.2) is 0 Å². The fourth-order valence-electron chi connectivity index (χ4n) is 10.6. The molecule has 7 rings (SSSR count). The molecule has 0 heterocycles. The largest absolute Gasteiger partial charge is 0.372 e. The number of fused-ring (bicyclic) bond motifs is 8. The van der Waals surface area contributed by atoms with Gasteiger partial charge in [-0.2, -0.15) is 0 Å². The van der Waals surface area contributed by atoms with Gasteiger partial charge in [-0.1, -0.05) is 192 Å². The minimum atomic E-state index is 0.786. The first-order valence-electron chi connectivity index (χ1n) is 35.2. The molecule has 0 amide bonds. The number of nitrogens with zero attached hydrogens (tertiary/aromatic N) is 4. The summed E-state index contributed by atoms with van der Waals surface area (Å²) in [6.45, 7) is 25.6. The molecule has 4 heteroatoms. The Bertz CT molecular complexity index is 3490. The minimum absolute atomic E-state index is 0.786. The molecule has 4 nitrogen and oxygen atoms in total. The lowest BCUT2D eigenvalue weighted by Crippen LogP contribution is -2.25. The monoisotopic (exact) mass is 1250 g/mol. The van der Waals surface area contributed by atoms with Crippen molar-refractivity contribution < 1.29 is 0 Å². The van der Waals surface area contributed by atoms with Gasteiger partial charge in [0, 0.05) is 140 Å². The normalized spacial score (nSPS) is 9.67. The predicted molar refractivity (Wildman–Crippen MR) is 404 cm³/mol. The van der Waals surface area contributed by atoms with E-state index in [1.54, 1.807) is 0 Å². The Kier molecular flexibility index (Phi) is 32.1. The summed E-state index contributed by atoms with van der Waals surface area (Å²) in [5, 5.41) is 9.56. The maximum absolute atomic E-state index is 3.39. The Labute approximate surface area is 581 Å². The van der Waals surface area contributed by atoms with Crippen molar-refractivity contribution in [3.8, 4) is 0 Å². The van der Waals surface area contributed by atoms with Crippen LogP contribution in [0.2, 0.25) is 0 Å². The van der Waals surface area contributed by atoms with Gasteiger partial charge in [0.1, 0.15) is 0 Å². The molecule has 0 spiro atoms. The molecule has 0 fully saturated rings. The highest BCUT2D eigenvalue weighted by Crippen LogP contribution is 2.25. The maximum atomic E-state index is 3.39. The molecule has 0 atom stereocenters. The Balaban J connectivity index is 1.45. The summed E-state index contributed by atoms with van der Waals surface area (Å²) >= 11 is 0. The van der Waals surface area contributed by atoms with E-state index in [9.17, 15) is 0 Å². The zero-order chi connectivity index (χ0) is 67.6. The fourth-order valence-corrected chi connectivity index (χ4v) is 10.6. The molecule has 96 heavy (non-hydrogen) atoms. The second-order valence-electron chi connectivity index (χ2n) is 23.9. The van der Waals surface area contributed by atoms with E-state index in [0.717, 1.165) is 242 Å². The molecule has 0 radical (unpaired) electrons. The van der Waals surface area contributed by atoms with E-state index in [4.69, 9.17) is 0 Å². The van der Waals surface area contributed by atoms with Crippen LogP contribution in [0.5, 0.6) is 0 Å². The van der Waals surface area contributed by atoms with E-state index >= 15 is 0 Å². The van der Waals surface area contributed by atoms with Crippen LogP contribution in [0.25, 0.3) is 64.6 Å². The molecule has 0 saturated carbocycles. The summed E-state index contributed by atoms with van der Waals surface area (Å²) in [6.07, 6.45) is 17.7. The highest BCUT2D eigenvalue weighted by atomic mass is 15.1. The Morgan fingerprint density at radius 2 is 0.375 bits per heavy atom. The zero-order valence-electron chi connectivity index (χ0n) is 58.3. The predicted octanol–water partition coefficient (Wildman–Crippen LogP) is 21.9. The molecule has 0 aliphatic carbocycles. The summed E-state index contributed by atoms with van der Waals surface area (Å²) in [4.78, 5) is 9.85. The molecule has 0 aliphatic rings. The quantitative estimate of drug-likeness (QED) is 0.0485. The van der Waals surface area contributed by atoms with Crippen molar-refractivity contribution in [2.45, 2.75) is 158 Å². The molecule has 0 saturated heterocycles. The van der Waals surface area contributed by atoms with Gasteiger partial charge in [-0.05, 0) is 233 Å². The first kappa shape index (κ1) is 72.7. The Morgan fingerprint density at radius 1 is 0.198 bits per heavy atom. The van der Waals surface area contributed by atoms with Gasteiger partial charge in [0.15, 0.2) is 0 Å². The third kappa shape index (κ3) is 24.6. The van der Waals surface area contributed by atoms with Crippen LogP contribution in [-0.2, 0) is 0 Å². The molecular formula is C92H92N4. The number of rotatable bonds is 28. The van der Waals surface area contributed by atoms with Gasteiger partial charge in [0.25, 0.3) is 0 Å². The van der Waals surface area contributed by atoms with E-state index in [1.807, 2.05) is 48.5 Å². The molecule has 7 aromatic carbocycles. The summed E-state index contributed by atoms with van der Waals surface area (Å²) in [6, 6.07) is 119. The topological polar surface area (TPSA) is 13.0 Å². The van der Waals surface area contributed by atoms with E-state index in [2.05, 4.69) is 293 Å². The highest BCUT2D eigenvalue weighted by molar-refractivity contribution is 5.85. The summed E-state index contributed by atoms with van der Waals surface area (Å²) < 4.78 is 0. The van der Waals surface area contributed by atoms with Crippen molar-refractivity contribution in [2.24, 2.45) is 0 Å². The Morgan fingerprint density at radius 3 is 0.562 bits per heavy atom. The van der Waals surface area contributed by atoms with Crippen LogP contribution in [0.15, 0.2) is 121 Å². The summed E-state index contributed by atoms with van der Waals surface area (Å²) in [5.74, 6) is 0. The lowest BCUT2D eigenvalue weighted by Gasteiger charge is -2.24. The van der Waals surface area contributed by atoms with E-state index in [-0.39, 0.29) is 0 Å². The van der Waals surface area contributed by atoms with E-state index < -0.39 is 0 Å². The maximum Gasteiger partial charge on any atom is 0.0433 e. The second-order valence-corrected chi connectivity index (χ2v) is 23.9. The van der Waals surface area contributed by atoms with Crippen LogP contribution in [0.1, 0.15) is 158 Å². The third-order valence-corrected chi connectivity index (χ3v) is 16.2. The van der Waals surface area contributed by atoms with Crippen LogP contribution >= 0.6 is 0 Å². The number of hydrogen-bond acceptors (Lipinski definition) is 4. The Hall–Kier alpha value is -10.8.